The maximum atomic E-state index is 11.7. The summed E-state index contributed by atoms with van der Waals surface area (Å²) >= 11 is 0. The molecule has 0 fully saturated rings. The molecule has 0 spiro atoms. The Labute approximate surface area is 184 Å². The van der Waals surface area contributed by atoms with Crippen LogP contribution in [0.2, 0.25) is 0 Å². The average molecular weight is 429 g/mol. The molecule has 0 aliphatic carbocycles. The minimum atomic E-state index is -0.0943. The third-order valence-electron chi connectivity index (χ3n) is 5.62. The summed E-state index contributed by atoms with van der Waals surface area (Å²) in [6.07, 6.45) is 4.05. The van der Waals surface area contributed by atoms with Gasteiger partial charge in [-0.2, -0.15) is 0 Å². The number of carbonyl (C=O) groups excluding carboxylic acids is 1. The van der Waals surface area contributed by atoms with Gasteiger partial charge in [0.25, 0.3) is 0 Å². The summed E-state index contributed by atoms with van der Waals surface area (Å²) in [5.41, 5.74) is 4.42. The van der Waals surface area contributed by atoms with Crippen LogP contribution in [-0.4, -0.2) is 20.2 Å². The predicted molar refractivity (Wildman–Crippen MR) is 129 cm³/mol. The Bertz CT molecular complexity index is 854. The second-order valence-corrected chi connectivity index (χ2v) is 10.8. The monoisotopic (exact) mass is 428 g/mol. The number of benzene rings is 2. The van der Waals surface area contributed by atoms with E-state index in [1.54, 1.807) is 7.11 Å². The smallest absolute Gasteiger partial charge is 0.188 e. The fourth-order valence-corrected chi connectivity index (χ4v) is 5.93. The molecule has 0 aliphatic rings. The fourth-order valence-electron chi connectivity index (χ4n) is 4.08. The van der Waals surface area contributed by atoms with Gasteiger partial charge in [-0.05, 0) is 30.5 Å². The molecule has 0 aliphatic heterocycles. The Morgan fingerprint density at radius 2 is 1.73 bits per heavy atom. The first-order valence-electron chi connectivity index (χ1n) is 10.8. The Kier molecular flexibility index (Phi) is 8.64. The van der Waals surface area contributed by atoms with Crippen molar-refractivity contribution in [2.24, 2.45) is 0 Å². The molecule has 0 heterocycles. The van der Waals surface area contributed by atoms with Gasteiger partial charge in [0.2, 0.25) is 0 Å². The highest BCUT2D eigenvalue weighted by atomic mass is 31.1. The van der Waals surface area contributed by atoms with Crippen molar-refractivity contribution in [3.8, 4) is 5.75 Å². The summed E-state index contributed by atoms with van der Waals surface area (Å²) in [5, 5.41) is 1.03. The van der Waals surface area contributed by atoms with Crippen molar-refractivity contribution < 1.29 is 14.3 Å². The summed E-state index contributed by atoms with van der Waals surface area (Å²) in [6, 6.07) is 12.5. The number of hydrogen-bond acceptors (Lipinski definition) is 3. The van der Waals surface area contributed by atoms with E-state index in [4.69, 9.17) is 9.47 Å². The molecule has 0 saturated carbocycles. The molecule has 164 valence electrons. The third-order valence-corrected chi connectivity index (χ3v) is 7.70. The molecule has 3 nitrogen and oxygen atoms in total. The zero-order chi connectivity index (χ0) is 22.4. The van der Waals surface area contributed by atoms with Crippen molar-refractivity contribution in [3.63, 3.8) is 0 Å². The summed E-state index contributed by atoms with van der Waals surface area (Å²) in [6.45, 7) is 13.5. The van der Waals surface area contributed by atoms with Crippen LogP contribution >= 0.6 is 8.58 Å². The molecule has 2 rings (SSSR count). The number of carbonyl (C=O) groups is 1. The van der Waals surface area contributed by atoms with E-state index < -0.39 is 0 Å². The lowest BCUT2D eigenvalue weighted by Crippen LogP contribution is -2.27. The quantitative estimate of drug-likeness (QED) is 0.246. The highest BCUT2D eigenvalue weighted by Gasteiger charge is 2.36. The molecule has 0 bridgehead atoms. The number of hydrogen-bond donors (Lipinski definition) is 0. The summed E-state index contributed by atoms with van der Waals surface area (Å²) in [7, 11) is 2.14. The van der Waals surface area contributed by atoms with Gasteiger partial charge in [-0.25, -0.2) is 0 Å². The van der Waals surface area contributed by atoms with E-state index >= 15 is 0 Å². The first-order valence-corrected chi connectivity index (χ1v) is 11.8. The Morgan fingerprint density at radius 3 is 2.30 bits per heavy atom. The number of aryl methyl sites for hydroxylation is 1. The Morgan fingerprint density at radius 1 is 1.07 bits per heavy atom. The maximum absolute atomic E-state index is 11.7. The van der Waals surface area contributed by atoms with Crippen LogP contribution in [0.15, 0.2) is 36.4 Å². The lowest BCUT2D eigenvalue weighted by molar-refractivity contribution is 0.0485. The molecule has 2 aromatic rings. The van der Waals surface area contributed by atoms with E-state index in [0.717, 1.165) is 42.2 Å². The lowest BCUT2D eigenvalue weighted by atomic mass is 9.80. The lowest BCUT2D eigenvalue weighted by Gasteiger charge is -2.37. The number of aldehydes is 1. The van der Waals surface area contributed by atoms with Crippen molar-refractivity contribution in [1.29, 1.82) is 0 Å². The van der Waals surface area contributed by atoms with Crippen molar-refractivity contribution in [3.05, 3.63) is 58.7 Å². The van der Waals surface area contributed by atoms with Crippen LogP contribution in [0.1, 0.15) is 80.9 Å². The van der Waals surface area contributed by atoms with Crippen LogP contribution in [0, 0.1) is 6.92 Å². The second kappa shape index (κ2) is 10.6. The van der Waals surface area contributed by atoms with E-state index in [1.807, 2.05) is 18.2 Å². The van der Waals surface area contributed by atoms with Crippen LogP contribution in [-0.2, 0) is 15.3 Å². The molecule has 0 radical (unpaired) electrons. The maximum Gasteiger partial charge on any atom is 0.188 e. The third kappa shape index (κ3) is 5.50. The van der Waals surface area contributed by atoms with Crippen molar-refractivity contribution >= 4 is 20.2 Å². The SMILES string of the molecule is CCCC(CC)(Pc1ccccc1C=O)c1cc(C)cc(C(C)(C)C)c1OCOC. The van der Waals surface area contributed by atoms with E-state index in [1.165, 1.54) is 16.7 Å². The molecule has 0 amide bonds. The van der Waals surface area contributed by atoms with Crippen LogP contribution < -0.4 is 10.0 Å². The van der Waals surface area contributed by atoms with Gasteiger partial charge in [-0.15, -0.1) is 0 Å². The van der Waals surface area contributed by atoms with Crippen LogP contribution in [0.25, 0.3) is 0 Å². The topological polar surface area (TPSA) is 35.5 Å². The van der Waals surface area contributed by atoms with Crippen LogP contribution in [0.5, 0.6) is 5.75 Å². The van der Waals surface area contributed by atoms with Gasteiger partial charge in [0, 0.05) is 29.0 Å². The molecule has 0 N–H and O–H groups in total. The normalized spacial score (nSPS) is 14.1. The van der Waals surface area contributed by atoms with E-state index in [-0.39, 0.29) is 17.4 Å². The zero-order valence-corrected chi connectivity index (χ0v) is 20.6. The largest absolute Gasteiger partial charge is 0.467 e. The number of rotatable bonds is 10. The van der Waals surface area contributed by atoms with E-state index in [0.29, 0.717) is 8.58 Å². The van der Waals surface area contributed by atoms with Crippen molar-refractivity contribution in [2.75, 3.05) is 13.9 Å². The average Bonchev–Trinajstić information content (AvgIpc) is 2.71. The molecule has 2 unspecified atom stereocenters. The van der Waals surface area contributed by atoms with Crippen molar-refractivity contribution in [2.45, 2.75) is 71.4 Å². The van der Waals surface area contributed by atoms with Crippen LogP contribution in [0.4, 0.5) is 0 Å². The highest BCUT2D eigenvalue weighted by molar-refractivity contribution is 7.48. The fraction of sp³-hybridized carbons (Fsp3) is 0.500. The number of methoxy groups -OCH3 is 1. The first kappa shape index (κ1) is 24.6. The molecule has 30 heavy (non-hydrogen) atoms. The first-order chi connectivity index (χ1) is 14.2. The molecular formula is C26H37O3P. The van der Waals surface area contributed by atoms with Gasteiger partial charge in [-0.1, -0.05) is 91.6 Å². The predicted octanol–water partition coefficient (Wildman–Crippen LogP) is 6.50. The van der Waals surface area contributed by atoms with Gasteiger partial charge in [0.05, 0.1) is 0 Å². The van der Waals surface area contributed by atoms with Gasteiger partial charge < -0.3 is 9.47 Å². The van der Waals surface area contributed by atoms with Gasteiger partial charge in [-0.3, -0.25) is 4.79 Å². The molecule has 0 saturated heterocycles. The molecule has 4 heteroatoms. The Hall–Kier alpha value is -1.70. The second-order valence-electron chi connectivity index (χ2n) is 9.01. The minimum absolute atomic E-state index is 0.0562. The molecular weight excluding hydrogens is 391 g/mol. The van der Waals surface area contributed by atoms with Gasteiger partial charge >= 0.3 is 0 Å². The van der Waals surface area contributed by atoms with Crippen molar-refractivity contribution in [1.82, 2.24) is 0 Å². The molecule has 2 aromatic carbocycles. The minimum Gasteiger partial charge on any atom is -0.467 e. The molecule has 2 atom stereocenters. The summed E-state index contributed by atoms with van der Waals surface area (Å²) in [4.78, 5) is 11.7. The van der Waals surface area contributed by atoms with E-state index in [2.05, 4.69) is 59.7 Å². The Balaban J connectivity index is 2.77. The molecule has 0 aromatic heterocycles. The van der Waals surface area contributed by atoms with E-state index in [9.17, 15) is 4.79 Å². The van der Waals surface area contributed by atoms with Gasteiger partial charge in [0.15, 0.2) is 13.1 Å². The van der Waals surface area contributed by atoms with Gasteiger partial charge in [0.1, 0.15) is 5.75 Å². The summed E-state index contributed by atoms with van der Waals surface area (Å²) < 4.78 is 11.6. The summed E-state index contributed by atoms with van der Waals surface area (Å²) in [5.74, 6) is 0.946. The number of ether oxygens (including phenoxy) is 2. The highest BCUT2D eigenvalue weighted by Crippen LogP contribution is 2.53. The standard InChI is InChI=1S/C26H37O3P/c1-8-14-26(9-2,30-23-13-11-10-12-20(23)17-27)22-16-19(3)15-21(25(4,5)6)24(22)29-18-28-7/h10-13,15-17,30H,8-9,14,18H2,1-7H3. The van der Waals surface area contributed by atoms with Crippen LogP contribution in [0.3, 0.4) is 0 Å². The zero-order valence-electron chi connectivity index (χ0n) is 19.6.